The molecule has 1 saturated heterocycles. The second kappa shape index (κ2) is 9.82. The zero-order valence-corrected chi connectivity index (χ0v) is 17.6. The fourth-order valence-electron chi connectivity index (χ4n) is 4.83. The number of aromatic nitrogens is 2. The summed E-state index contributed by atoms with van der Waals surface area (Å²) in [5, 5.41) is 24.0. The Bertz CT molecular complexity index is 905. The van der Waals surface area contributed by atoms with Crippen LogP contribution < -0.4 is 5.32 Å². The number of ether oxygens (including phenoxy) is 1. The van der Waals surface area contributed by atoms with E-state index in [-0.39, 0.29) is 30.3 Å². The van der Waals surface area contributed by atoms with E-state index in [1.165, 1.54) is 12.3 Å². The first kappa shape index (κ1) is 23.1. The van der Waals surface area contributed by atoms with E-state index >= 15 is 0 Å². The highest BCUT2D eigenvalue weighted by atomic mass is 19.4. The molecule has 1 aliphatic carbocycles. The van der Waals surface area contributed by atoms with Gasteiger partial charge in [-0.25, -0.2) is 9.97 Å². The number of nitrogens with one attached hydrogen (secondary N) is 1. The highest BCUT2D eigenvalue weighted by Gasteiger charge is 2.43. The molecule has 1 aromatic carbocycles. The van der Waals surface area contributed by atoms with Crippen LogP contribution in [0.25, 0.3) is 11.4 Å². The van der Waals surface area contributed by atoms with Crippen LogP contribution in [-0.2, 0) is 17.3 Å². The largest absolute Gasteiger partial charge is 0.416 e. The minimum atomic E-state index is -4.44. The molecule has 32 heavy (non-hydrogen) atoms. The van der Waals surface area contributed by atoms with E-state index in [0.29, 0.717) is 43.4 Å². The molecular formula is C23H28F3N3O3. The molecule has 2 fully saturated rings. The lowest BCUT2D eigenvalue weighted by Crippen LogP contribution is -2.44. The number of hydrogen-bond donors (Lipinski definition) is 3. The van der Waals surface area contributed by atoms with Gasteiger partial charge in [0.05, 0.1) is 11.7 Å². The average Bonchev–Trinajstić information content (AvgIpc) is 3.07. The third-order valence-corrected chi connectivity index (χ3v) is 6.54. The lowest BCUT2D eigenvalue weighted by molar-refractivity contribution is -0.137. The van der Waals surface area contributed by atoms with Crippen molar-refractivity contribution in [1.82, 2.24) is 15.3 Å². The second-order valence-electron chi connectivity index (χ2n) is 8.63. The lowest BCUT2D eigenvalue weighted by Gasteiger charge is -2.31. The molecule has 1 aromatic heterocycles. The fraction of sp³-hybridized carbons (Fsp3) is 0.565. The normalized spacial score (nSPS) is 27.0. The maximum atomic E-state index is 13.1. The molecule has 3 N–H and O–H groups in total. The van der Waals surface area contributed by atoms with Crippen LogP contribution in [0.1, 0.15) is 30.5 Å². The van der Waals surface area contributed by atoms with Gasteiger partial charge in [-0.3, -0.25) is 0 Å². The van der Waals surface area contributed by atoms with Crippen molar-refractivity contribution in [2.24, 2.45) is 11.8 Å². The molecule has 0 amide bonds. The third-order valence-electron chi connectivity index (χ3n) is 6.54. The van der Waals surface area contributed by atoms with Gasteiger partial charge in [-0.2, -0.15) is 13.2 Å². The maximum Gasteiger partial charge on any atom is 0.416 e. The van der Waals surface area contributed by atoms with Crippen LogP contribution in [0, 0.1) is 11.8 Å². The minimum absolute atomic E-state index is 0.0113. The van der Waals surface area contributed by atoms with E-state index in [0.717, 1.165) is 25.0 Å². The van der Waals surface area contributed by atoms with Gasteiger partial charge < -0.3 is 20.3 Å². The summed E-state index contributed by atoms with van der Waals surface area (Å²) in [6, 6.07) is 7.01. The number of benzene rings is 1. The molecule has 0 bridgehead atoms. The summed E-state index contributed by atoms with van der Waals surface area (Å²) in [7, 11) is 0. The second-order valence-corrected chi connectivity index (χ2v) is 8.63. The van der Waals surface area contributed by atoms with Crippen LogP contribution in [0.3, 0.4) is 0 Å². The van der Waals surface area contributed by atoms with Crippen molar-refractivity contribution in [3.05, 3.63) is 47.8 Å². The molecule has 1 aliphatic heterocycles. The summed E-state index contributed by atoms with van der Waals surface area (Å²) in [6.07, 6.45) is -0.696. The number of hydrogen-bond acceptors (Lipinski definition) is 6. The lowest BCUT2D eigenvalue weighted by atomic mass is 9.88. The number of alkyl halides is 3. The van der Waals surface area contributed by atoms with Gasteiger partial charge in [-0.05, 0) is 49.8 Å². The minimum Gasteiger partial charge on any atom is -0.396 e. The molecule has 6 nitrogen and oxygen atoms in total. The predicted octanol–water partition coefficient (Wildman–Crippen LogP) is 2.83. The van der Waals surface area contributed by atoms with Crippen molar-refractivity contribution in [1.29, 1.82) is 0 Å². The van der Waals surface area contributed by atoms with Crippen molar-refractivity contribution in [3.63, 3.8) is 0 Å². The Hall–Kier alpha value is -2.07. The molecule has 4 atom stereocenters. The van der Waals surface area contributed by atoms with Crippen molar-refractivity contribution < 1.29 is 28.1 Å². The standard InChI is InChI=1S/C23H28F3N3O3/c24-23(25,26)15-3-1-2-14(10-15)22-27-7-4-17(29-22)11-18-19(13-30)21(31)12-20(18)28-16-5-8-32-9-6-16/h1-4,7,10,16,18-21,28,30-31H,5-6,8-9,11-13H2/t18-,19-,20-,21-/m1/s1. The zero-order chi connectivity index (χ0) is 22.7. The maximum absolute atomic E-state index is 13.1. The van der Waals surface area contributed by atoms with Crippen LogP contribution in [0.4, 0.5) is 13.2 Å². The summed E-state index contributed by atoms with van der Waals surface area (Å²) < 4.78 is 44.7. The zero-order valence-electron chi connectivity index (χ0n) is 17.6. The molecule has 2 aromatic rings. The number of nitrogens with zero attached hydrogens (tertiary/aromatic N) is 2. The SMILES string of the molecule is OC[C@@H]1[C@@H](Cc2ccnc(-c3cccc(C(F)(F)F)c3)n2)[C@H](NC2CCOCC2)C[C@H]1O. The Labute approximate surface area is 184 Å². The first-order valence-corrected chi connectivity index (χ1v) is 11.0. The summed E-state index contributed by atoms with van der Waals surface area (Å²) in [5.74, 6) is -0.122. The number of halogens is 3. The molecule has 1 saturated carbocycles. The molecular weight excluding hydrogens is 423 g/mol. The summed E-state index contributed by atoms with van der Waals surface area (Å²) in [4.78, 5) is 8.68. The van der Waals surface area contributed by atoms with Gasteiger partial charge in [0.25, 0.3) is 0 Å². The summed E-state index contributed by atoms with van der Waals surface area (Å²) in [6.45, 7) is 1.27. The van der Waals surface area contributed by atoms with Gasteiger partial charge in [0.15, 0.2) is 5.82 Å². The number of rotatable bonds is 6. The van der Waals surface area contributed by atoms with Crippen LogP contribution >= 0.6 is 0 Å². The van der Waals surface area contributed by atoms with E-state index < -0.39 is 17.8 Å². The third kappa shape index (κ3) is 5.28. The molecule has 4 rings (SSSR count). The van der Waals surface area contributed by atoms with E-state index in [9.17, 15) is 23.4 Å². The molecule has 2 aliphatic rings. The van der Waals surface area contributed by atoms with E-state index in [1.807, 2.05) is 0 Å². The summed E-state index contributed by atoms with van der Waals surface area (Å²) >= 11 is 0. The van der Waals surface area contributed by atoms with Gasteiger partial charge >= 0.3 is 6.18 Å². The Kier molecular flexibility index (Phi) is 7.09. The Balaban J connectivity index is 1.54. The summed E-state index contributed by atoms with van der Waals surface area (Å²) in [5.41, 5.74) is 0.219. The predicted molar refractivity (Wildman–Crippen MR) is 112 cm³/mol. The van der Waals surface area contributed by atoms with Crippen LogP contribution in [0.2, 0.25) is 0 Å². The van der Waals surface area contributed by atoms with Crippen molar-refractivity contribution in [2.75, 3.05) is 19.8 Å². The first-order chi connectivity index (χ1) is 15.3. The number of aliphatic hydroxyl groups excluding tert-OH is 2. The van der Waals surface area contributed by atoms with E-state index in [1.54, 1.807) is 12.1 Å². The number of aliphatic hydroxyl groups is 2. The van der Waals surface area contributed by atoms with Crippen LogP contribution in [0.5, 0.6) is 0 Å². The highest BCUT2D eigenvalue weighted by molar-refractivity contribution is 5.56. The van der Waals surface area contributed by atoms with Crippen LogP contribution in [-0.4, -0.2) is 58.2 Å². The molecule has 0 spiro atoms. The van der Waals surface area contributed by atoms with Crippen molar-refractivity contribution in [2.45, 2.75) is 50.0 Å². The topological polar surface area (TPSA) is 87.5 Å². The molecule has 0 radical (unpaired) electrons. The van der Waals surface area contributed by atoms with E-state index in [2.05, 4.69) is 15.3 Å². The Morgan fingerprint density at radius 2 is 1.91 bits per heavy atom. The Morgan fingerprint density at radius 1 is 1.12 bits per heavy atom. The highest BCUT2D eigenvalue weighted by Crippen LogP contribution is 2.36. The van der Waals surface area contributed by atoms with Gasteiger partial charge in [-0.15, -0.1) is 0 Å². The van der Waals surface area contributed by atoms with Crippen LogP contribution in [0.15, 0.2) is 36.5 Å². The quantitative estimate of drug-likeness (QED) is 0.626. The van der Waals surface area contributed by atoms with Crippen molar-refractivity contribution >= 4 is 0 Å². The molecule has 0 unspecified atom stereocenters. The Morgan fingerprint density at radius 3 is 2.62 bits per heavy atom. The van der Waals surface area contributed by atoms with Gasteiger partial charge in [0.2, 0.25) is 0 Å². The fourth-order valence-corrected chi connectivity index (χ4v) is 4.83. The van der Waals surface area contributed by atoms with Gasteiger partial charge in [0.1, 0.15) is 0 Å². The monoisotopic (exact) mass is 451 g/mol. The first-order valence-electron chi connectivity index (χ1n) is 11.0. The average molecular weight is 451 g/mol. The van der Waals surface area contributed by atoms with E-state index in [4.69, 9.17) is 4.74 Å². The molecule has 174 valence electrons. The van der Waals surface area contributed by atoms with Gasteiger partial charge in [0, 0.05) is 55.3 Å². The smallest absolute Gasteiger partial charge is 0.396 e. The van der Waals surface area contributed by atoms with Crippen molar-refractivity contribution in [3.8, 4) is 11.4 Å². The van der Waals surface area contributed by atoms with Gasteiger partial charge in [-0.1, -0.05) is 12.1 Å². The molecule has 9 heteroatoms. The molecule has 2 heterocycles.